The van der Waals surface area contributed by atoms with Crippen molar-refractivity contribution in [2.24, 2.45) is 11.8 Å². The lowest BCUT2D eigenvalue weighted by atomic mass is 9.59. The molecule has 0 aromatic heterocycles. The van der Waals surface area contributed by atoms with Crippen LogP contribution in [0, 0.1) is 11.8 Å². The SMILES string of the molecule is O=C(O)c1cccc(N2C(=O)[C@@H]3[C@@H](C2=O)[C@@]2(c4ccccc4)C(=O)[C@@]3(c3ccccc3)C(c3ccccc3)=C2c2ccccc2)c1. The van der Waals surface area contributed by atoms with E-state index < -0.39 is 40.4 Å². The molecule has 1 aliphatic heterocycles. The van der Waals surface area contributed by atoms with Crippen molar-refractivity contribution < 1.29 is 24.3 Å². The maximum Gasteiger partial charge on any atom is 0.335 e. The monoisotopic (exact) mass is 601 g/mol. The first kappa shape index (κ1) is 27.7. The molecule has 2 aliphatic carbocycles. The van der Waals surface area contributed by atoms with Gasteiger partial charge in [-0.2, -0.15) is 0 Å². The fraction of sp³-hybridized carbons (Fsp3) is 0.100. The topological polar surface area (TPSA) is 91.8 Å². The molecule has 1 saturated carbocycles. The van der Waals surface area contributed by atoms with Crippen molar-refractivity contribution in [3.05, 3.63) is 173 Å². The Labute approximate surface area is 265 Å². The molecule has 6 heteroatoms. The third kappa shape index (κ3) is 3.41. The Kier molecular flexibility index (Phi) is 6.06. The molecule has 2 bridgehead atoms. The molecule has 46 heavy (non-hydrogen) atoms. The minimum atomic E-state index is -1.51. The third-order valence-electron chi connectivity index (χ3n) is 9.93. The van der Waals surface area contributed by atoms with Gasteiger partial charge in [0.05, 0.1) is 33.9 Å². The van der Waals surface area contributed by atoms with E-state index in [9.17, 15) is 19.5 Å². The third-order valence-corrected chi connectivity index (χ3v) is 9.93. The van der Waals surface area contributed by atoms with Gasteiger partial charge in [0.25, 0.3) is 0 Å². The van der Waals surface area contributed by atoms with Crippen molar-refractivity contribution in [2.75, 3.05) is 4.90 Å². The summed E-state index contributed by atoms with van der Waals surface area (Å²) >= 11 is 0. The van der Waals surface area contributed by atoms with Crippen LogP contribution in [0.2, 0.25) is 0 Å². The predicted octanol–water partition coefficient (Wildman–Crippen LogP) is 6.57. The van der Waals surface area contributed by atoms with Gasteiger partial charge >= 0.3 is 5.97 Å². The van der Waals surface area contributed by atoms with E-state index in [1.54, 1.807) is 6.07 Å². The van der Waals surface area contributed by atoms with Crippen molar-refractivity contribution in [1.29, 1.82) is 0 Å². The van der Waals surface area contributed by atoms with E-state index >= 15 is 4.79 Å². The number of imide groups is 1. The van der Waals surface area contributed by atoms with Crippen molar-refractivity contribution in [2.45, 2.75) is 10.8 Å². The summed E-state index contributed by atoms with van der Waals surface area (Å²) < 4.78 is 0. The molecule has 6 nitrogen and oxygen atoms in total. The number of aromatic carboxylic acids is 1. The Morgan fingerprint density at radius 2 is 0.957 bits per heavy atom. The van der Waals surface area contributed by atoms with E-state index in [0.29, 0.717) is 22.3 Å². The largest absolute Gasteiger partial charge is 0.478 e. The molecule has 3 aliphatic rings. The van der Waals surface area contributed by atoms with Crippen LogP contribution < -0.4 is 4.90 Å². The highest BCUT2D eigenvalue weighted by Crippen LogP contribution is 2.74. The molecule has 1 N–H and O–H groups in total. The first-order valence-corrected chi connectivity index (χ1v) is 15.2. The van der Waals surface area contributed by atoms with Crippen LogP contribution in [0.25, 0.3) is 11.1 Å². The van der Waals surface area contributed by atoms with E-state index in [2.05, 4.69) is 0 Å². The van der Waals surface area contributed by atoms with Crippen LogP contribution in [0.5, 0.6) is 0 Å². The maximum absolute atomic E-state index is 15.8. The van der Waals surface area contributed by atoms with Gasteiger partial charge in [0.2, 0.25) is 11.8 Å². The van der Waals surface area contributed by atoms with Crippen molar-refractivity contribution >= 4 is 40.4 Å². The average molecular weight is 602 g/mol. The Bertz CT molecular complexity index is 1970. The van der Waals surface area contributed by atoms with Gasteiger partial charge in [0, 0.05) is 0 Å². The lowest BCUT2D eigenvalue weighted by Crippen LogP contribution is -2.45. The molecule has 8 rings (SSSR count). The summed E-state index contributed by atoms with van der Waals surface area (Å²) in [5.41, 5.74) is 1.39. The van der Waals surface area contributed by atoms with Crippen LogP contribution in [0.15, 0.2) is 146 Å². The summed E-state index contributed by atoms with van der Waals surface area (Å²) in [5, 5.41) is 9.74. The Morgan fingerprint density at radius 3 is 1.37 bits per heavy atom. The van der Waals surface area contributed by atoms with Crippen LogP contribution in [0.4, 0.5) is 5.69 Å². The molecule has 2 amide bonds. The van der Waals surface area contributed by atoms with E-state index in [0.717, 1.165) is 16.0 Å². The van der Waals surface area contributed by atoms with E-state index in [4.69, 9.17) is 0 Å². The highest BCUT2D eigenvalue weighted by Gasteiger charge is 2.82. The predicted molar refractivity (Wildman–Crippen MR) is 174 cm³/mol. The van der Waals surface area contributed by atoms with E-state index in [1.165, 1.54) is 18.2 Å². The van der Waals surface area contributed by atoms with Gasteiger partial charge in [-0.1, -0.05) is 127 Å². The summed E-state index contributed by atoms with van der Waals surface area (Å²) in [6, 6.07) is 43.8. The van der Waals surface area contributed by atoms with E-state index in [-0.39, 0.29) is 17.0 Å². The molecule has 2 fully saturated rings. The second-order valence-corrected chi connectivity index (χ2v) is 12.0. The van der Waals surface area contributed by atoms with Gasteiger partial charge in [-0.25, -0.2) is 9.69 Å². The highest BCUT2D eigenvalue weighted by atomic mass is 16.4. The smallest absolute Gasteiger partial charge is 0.335 e. The number of hydrogen-bond donors (Lipinski definition) is 1. The minimum absolute atomic E-state index is 0.0437. The normalized spacial score (nSPS) is 24.9. The summed E-state index contributed by atoms with van der Waals surface area (Å²) in [5.74, 6) is -4.57. The fourth-order valence-corrected chi connectivity index (χ4v) is 8.37. The molecule has 5 aromatic carbocycles. The van der Waals surface area contributed by atoms with Gasteiger partial charge in [-0.05, 0) is 51.6 Å². The van der Waals surface area contributed by atoms with Crippen LogP contribution in [0.1, 0.15) is 32.6 Å². The van der Waals surface area contributed by atoms with Gasteiger partial charge in [0.1, 0.15) is 0 Å². The Morgan fingerprint density at radius 1 is 0.543 bits per heavy atom. The quantitative estimate of drug-likeness (QED) is 0.222. The number of carbonyl (C=O) groups is 4. The van der Waals surface area contributed by atoms with Crippen molar-refractivity contribution in [1.82, 2.24) is 0 Å². The lowest BCUT2D eigenvalue weighted by Gasteiger charge is -2.39. The Balaban J connectivity index is 1.53. The Hall–Kier alpha value is -5.88. The second kappa shape index (κ2) is 10.1. The number of nitrogens with zero attached hydrogens (tertiary/aromatic N) is 1. The van der Waals surface area contributed by atoms with Crippen LogP contribution in [-0.4, -0.2) is 28.7 Å². The molecule has 4 atom stereocenters. The molecule has 1 heterocycles. The van der Waals surface area contributed by atoms with Crippen molar-refractivity contribution in [3.8, 4) is 0 Å². The first-order chi connectivity index (χ1) is 22.4. The molecule has 0 radical (unpaired) electrons. The highest BCUT2D eigenvalue weighted by molar-refractivity contribution is 6.39. The number of allylic oxidation sites excluding steroid dienone is 2. The number of rotatable bonds is 6. The van der Waals surface area contributed by atoms with Gasteiger partial charge in [-0.3, -0.25) is 14.4 Å². The summed E-state index contributed by atoms with van der Waals surface area (Å²) in [4.78, 5) is 58.8. The minimum Gasteiger partial charge on any atom is -0.478 e. The molecular formula is C40H27NO5. The lowest BCUT2D eigenvalue weighted by molar-refractivity contribution is -0.130. The number of Topliss-reactive ketones (excluding diaryl/α,β-unsaturated/α-hetero) is 1. The number of carbonyl (C=O) groups excluding carboxylic acids is 3. The average Bonchev–Trinajstić information content (AvgIpc) is 3.62. The molecule has 1 saturated heterocycles. The maximum atomic E-state index is 15.8. The molecule has 0 unspecified atom stereocenters. The zero-order valence-corrected chi connectivity index (χ0v) is 24.5. The number of benzene rings is 5. The van der Waals surface area contributed by atoms with Crippen molar-refractivity contribution in [3.63, 3.8) is 0 Å². The molecule has 0 spiro atoms. The summed E-state index contributed by atoms with van der Waals surface area (Å²) in [6.07, 6.45) is 0. The fourth-order valence-electron chi connectivity index (χ4n) is 8.37. The molecule has 5 aromatic rings. The van der Waals surface area contributed by atoms with Gasteiger partial charge < -0.3 is 5.11 Å². The number of hydrogen-bond acceptors (Lipinski definition) is 4. The zero-order chi connectivity index (χ0) is 31.6. The van der Waals surface area contributed by atoms with Crippen LogP contribution >= 0.6 is 0 Å². The number of fused-ring (bicyclic) bond motifs is 5. The number of amides is 2. The number of ketones is 1. The van der Waals surface area contributed by atoms with Crippen LogP contribution in [0.3, 0.4) is 0 Å². The van der Waals surface area contributed by atoms with Gasteiger partial charge in [-0.15, -0.1) is 0 Å². The number of anilines is 1. The first-order valence-electron chi connectivity index (χ1n) is 15.2. The standard InChI is InChI=1S/C40H27NO5/c42-35-33-34(36(43)41(35)30-23-13-18-27(24-30)37(44)45)40(29-21-11-4-12-22-29)32(26-16-7-2-8-17-26)31(25-14-5-1-6-15-25)39(33,38(40)46)28-19-9-3-10-20-28/h1-24,33-34H,(H,44,45)/t33-,34-,39-,40-/m0/s1. The molecular weight excluding hydrogens is 574 g/mol. The van der Waals surface area contributed by atoms with Crippen LogP contribution in [-0.2, 0) is 25.2 Å². The second-order valence-electron chi connectivity index (χ2n) is 12.0. The summed E-state index contributed by atoms with van der Waals surface area (Å²) in [7, 11) is 0. The summed E-state index contributed by atoms with van der Waals surface area (Å²) in [6.45, 7) is 0. The van der Waals surface area contributed by atoms with E-state index in [1.807, 2.05) is 121 Å². The van der Waals surface area contributed by atoms with Gasteiger partial charge in [0.15, 0.2) is 5.78 Å². The number of carboxylic acid groups (broad SMARTS) is 1. The number of carboxylic acids is 1. The zero-order valence-electron chi connectivity index (χ0n) is 24.5. The molecule has 222 valence electrons.